The largest absolute Gasteiger partial charge is 0.255 e. The van der Waals surface area contributed by atoms with Crippen LogP contribution in [0, 0.1) is 5.41 Å². The van der Waals surface area contributed by atoms with Gasteiger partial charge in [0.05, 0.1) is 17.1 Å². The zero-order valence-electron chi connectivity index (χ0n) is 14.1. The van der Waals surface area contributed by atoms with Crippen LogP contribution in [0.25, 0.3) is 5.57 Å². The first-order chi connectivity index (χ1) is 11.7. The van der Waals surface area contributed by atoms with Crippen molar-refractivity contribution in [3.8, 4) is 0 Å². The minimum absolute atomic E-state index is 0.0199. The van der Waals surface area contributed by atoms with Crippen molar-refractivity contribution in [2.45, 2.75) is 32.6 Å². The van der Waals surface area contributed by atoms with Gasteiger partial charge in [-0.05, 0) is 49.0 Å². The summed E-state index contributed by atoms with van der Waals surface area (Å²) in [5, 5.41) is 0. The fourth-order valence-electron chi connectivity index (χ4n) is 4.80. The molecule has 1 aliphatic heterocycles. The van der Waals surface area contributed by atoms with Crippen LogP contribution in [0.1, 0.15) is 49.4 Å². The molecule has 2 nitrogen and oxygen atoms in total. The van der Waals surface area contributed by atoms with Crippen LogP contribution in [0.4, 0.5) is 5.69 Å². The summed E-state index contributed by atoms with van der Waals surface area (Å²) >= 11 is 0. The Morgan fingerprint density at radius 2 is 1.96 bits per heavy atom. The van der Waals surface area contributed by atoms with Crippen LogP contribution in [0.15, 0.2) is 65.3 Å². The lowest BCUT2D eigenvalue weighted by atomic mass is 9.57. The Balaban J connectivity index is 1.87. The van der Waals surface area contributed by atoms with Crippen molar-refractivity contribution in [1.29, 1.82) is 0 Å². The van der Waals surface area contributed by atoms with E-state index in [0.29, 0.717) is 5.92 Å². The van der Waals surface area contributed by atoms with E-state index < -0.39 is 0 Å². The van der Waals surface area contributed by atoms with Crippen LogP contribution in [0.3, 0.4) is 0 Å². The number of benzene rings is 1. The van der Waals surface area contributed by atoms with Gasteiger partial charge < -0.3 is 0 Å². The minimum Gasteiger partial charge on any atom is -0.255 e. The van der Waals surface area contributed by atoms with Gasteiger partial charge in [0.15, 0.2) is 0 Å². The molecule has 2 aliphatic carbocycles. The molecule has 0 saturated carbocycles. The highest BCUT2D eigenvalue weighted by molar-refractivity contribution is 6.16. The van der Waals surface area contributed by atoms with Crippen molar-refractivity contribution in [3.63, 3.8) is 0 Å². The molecule has 0 N–H and O–H groups in total. The van der Waals surface area contributed by atoms with Crippen LogP contribution in [0.5, 0.6) is 0 Å². The van der Waals surface area contributed by atoms with Gasteiger partial charge in [-0.1, -0.05) is 48.9 Å². The number of pyridine rings is 1. The Hall–Kier alpha value is -2.48. The Labute approximate surface area is 142 Å². The Bertz CT molecular complexity index is 948. The molecule has 0 amide bonds. The zero-order chi connectivity index (χ0) is 16.3. The van der Waals surface area contributed by atoms with Crippen molar-refractivity contribution < 1.29 is 0 Å². The van der Waals surface area contributed by atoms with E-state index in [0.717, 1.165) is 24.2 Å². The minimum atomic E-state index is -0.0199. The third kappa shape index (κ3) is 1.71. The summed E-state index contributed by atoms with van der Waals surface area (Å²) in [5.74, 6) is 0.493. The van der Waals surface area contributed by atoms with E-state index in [-0.39, 0.29) is 5.41 Å². The molecule has 2 unspecified atom stereocenters. The van der Waals surface area contributed by atoms with E-state index in [1.165, 1.54) is 28.0 Å². The SMILES string of the molecule is CC1=CC=C2c3ccccc3N=C3c4ncccc4C(C)CC23C1. The topological polar surface area (TPSA) is 25.2 Å². The van der Waals surface area contributed by atoms with E-state index >= 15 is 0 Å². The monoisotopic (exact) mass is 312 g/mol. The second kappa shape index (κ2) is 4.76. The van der Waals surface area contributed by atoms with Crippen molar-refractivity contribution in [1.82, 2.24) is 4.98 Å². The van der Waals surface area contributed by atoms with E-state index in [1.54, 1.807) is 0 Å². The van der Waals surface area contributed by atoms with Crippen molar-refractivity contribution in [3.05, 3.63) is 77.1 Å². The van der Waals surface area contributed by atoms with E-state index in [9.17, 15) is 0 Å². The van der Waals surface area contributed by atoms with Crippen LogP contribution < -0.4 is 0 Å². The molecule has 0 fully saturated rings. The Kier molecular flexibility index (Phi) is 2.76. The first-order valence-corrected chi connectivity index (χ1v) is 8.71. The fraction of sp³-hybridized carbons (Fsp3) is 0.273. The van der Waals surface area contributed by atoms with Crippen LogP contribution in [0.2, 0.25) is 0 Å². The third-order valence-electron chi connectivity index (χ3n) is 5.76. The van der Waals surface area contributed by atoms with Gasteiger partial charge >= 0.3 is 0 Å². The van der Waals surface area contributed by atoms with Gasteiger partial charge in [-0.15, -0.1) is 0 Å². The number of nitrogens with zero attached hydrogens (tertiary/aromatic N) is 2. The summed E-state index contributed by atoms with van der Waals surface area (Å²) < 4.78 is 0. The van der Waals surface area contributed by atoms with Gasteiger partial charge in [-0.3, -0.25) is 4.98 Å². The summed E-state index contributed by atoms with van der Waals surface area (Å²) in [5.41, 5.74) is 8.82. The van der Waals surface area contributed by atoms with Crippen molar-refractivity contribution in [2.24, 2.45) is 10.4 Å². The maximum absolute atomic E-state index is 5.14. The quantitative estimate of drug-likeness (QED) is 0.635. The number of aliphatic imine (C=N–C) groups is 1. The summed E-state index contributed by atoms with van der Waals surface area (Å²) in [7, 11) is 0. The Morgan fingerprint density at radius 3 is 2.88 bits per heavy atom. The molecule has 118 valence electrons. The van der Waals surface area contributed by atoms with E-state index in [1.807, 2.05) is 12.3 Å². The summed E-state index contributed by atoms with van der Waals surface area (Å²) in [4.78, 5) is 9.90. The molecule has 0 bridgehead atoms. The lowest BCUT2D eigenvalue weighted by Crippen LogP contribution is -2.42. The average molecular weight is 312 g/mol. The van der Waals surface area contributed by atoms with Crippen LogP contribution in [-0.4, -0.2) is 10.7 Å². The number of fused-ring (bicyclic) bond motifs is 4. The van der Waals surface area contributed by atoms with Crippen LogP contribution in [-0.2, 0) is 0 Å². The summed E-state index contributed by atoms with van der Waals surface area (Å²) in [6.45, 7) is 4.57. The normalized spacial score (nSPS) is 26.9. The van der Waals surface area contributed by atoms with E-state index in [2.05, 4.69) is 56.3 Å². The highest BCUT2D eigenvalue weighted by Crippen LogP contribution is 2.58. The van der Waals surface area contributed by atoms with Gasteiger partial charge in [-0.2, -0.15) is 0 Å². The lowest BCUT2D eigenvalue weighted by molar-refractivity contribution is 0.434. The molecule has 0 radical (unpaired) electrons. The number of rotatable bonds is 0. The molecule has 1 aromatic heterocycles. The second-order valence-corrected chi connectivity index (χ2v) is 7.38. The molecule has 3 aliphatic rings. The van der Waals surface area contributed by atoms with Gasteiger partial charge in [0, 0.05) is 17.2 Å². The predicted molar refractivity (Wildman–Crippen MR) is 98.7 cm³/mol. The van der Waals surface area contributed by atoms with Crippen molar-refractivity contribution >= 4 is 17.0 Å². The zero-order valence-corrected chi connectivity index (χ0v) is 14.1. The molecule has 1 spiro atoms. The molecule has 0 saturated heterocycles. The molecule has 5 rings (SSSR count). The maximum atomic E-state index is 5.14. The number of allylic oxidation sites excluding steroid dienone is 4. The molecule has 24 heavy (non-hydrogen) atoms. The summed E-state index contributed by atoms with van der Waals surface area (Å²) in [6, 6.07) is 12.8. The molecule has 2 atom stereocenters. The third-order valence-corrected chi connectivity index (χ3v) is 5.76. The number of hydrogen-bond donors (Lipinski definition) is 0. The number of para-hydroxylation sites is 1. The van der Waals surface area contributed by atoms with Gasteiger partial charge in [-0.25, -0.2) is 4.99 Å². The first kappa shape index (κ1) is 13.9. The molecule has 2 heterocycles. The molecular weight excluding hydrogens is 292 g/mol. The summed E-state index contributed by atoms with van der Waals surface area (Å²) in [6.07, 6.45) is 8.66. The molecule has 1 aromatic carbocycles. The van der Waals surface area contributed by atoms with Crippen molar-refractivity contribution in [2.75, 3.05) is 0 Å². The standard InChI is InChI=1S/C22H20N2/c1-14-9-10-18-17-6-3-4-8-19(17)24-21-20-16(7-5-11-23-20)15(2)13-22(18,21)12-14/h3-11,15H,12-13H2,1-2H3. The fourth-order valence-corrected chi connectivity index (χ4v) is 4.80. The maximum Gasteiger partial charge on any atom is 0.0888 e. The molecular formula is C22H20N2. The predicted octanol–water partition coefficient (Wildman–Crippen LogP) is 5.44. The van der Waals surface area contributed by atoms with Crippen LogP contribution >= 0.6 is 0 Å². The highest BCUT2D eigenvalue weighted by atomic mass is 14.9. The van der Waals surface area contributed by atoms with Gasteiger partial charge in [0.25, 0.3) is 0 Å². The highest BCUT2D eigenvalue weighted by Gasteiger charge is 2.49. The lowest BCUT2D eigenvalue weighted by Gasteiger charge is -2.47. The van der Waals surface area contributed by atoms with Gasteiger partial charge in [0.2, 0.25) is 0 Å². The van der Waals surface area contributed by atoms with Gasteiger partial charge in [0.1, 0.15) is 0 Å². The number of aromatic nitrogens is 1. The first-order valence-electron chi connectivity index (χ1n) is 8.71. The van der Waals surface area contributed by atoms with E-state index in [4.69, 9.17) is 9.98 Å². The molecule has 2 aromatic rings. The Morgan fingerprint density at radius 1 is 1.08 bits per heavy atom. The number of hydrogen-bond acceptors (Lipinski definition) is 2. The average Bonchev–Trinajstić information content (AvgIpc) is 2.60. The molecule has 2 heteroatoms. The smallest absolute Gasteiger partial charge is 0.0888 e. The second-order valence-electron chi connectivity index (χ2n) is 7.38.